The van der Waals surface area contributed by atoms with Gasteiger partial charge in [0.15, 0.2) is 0 Å². The maximum absolute atomic E-state index is 13.0. The number of hydrogen-bond acceptors (Lipinski definition) is 1. The zero-order valence-corrected chi connectivity index (χ0v) is 14.2. The Kier molecular flexibility index (Phi) is 4.84. The van der Waals surface area contributed by atoms with Gasteiger partial charge in [-0.3, -0.25) is 0 Å². The molecule has 1 saturated carbocycles. The predicted octanol–water partition coefficient (Wildman–Crippen LogP) is 4.32. The molecule has 0 spiro atoms. The zero-order valence-electron chi connectivity index (χ0n) is 14.2. The van der Waals surface area contributed by atoms with Crippen molar-refractivity contribution in [1.29, 1.82) is 0 Å². The molecule has 0 aliphatic heterocycles. The molecule has 0 unspecified atom stereocenters. The number of nitrogens with one attached hydrogen (secondary N) is 1. The number of aryl methyl sites for hydroxylation is 2. The van der Waals surface area contributed by atoms with Gasteiger partial charge in [0.25, 0.3) is 0 Å². The Hall–Kier alpha value is -2.36. The van der Waals surface area contributed by atoms with Crippen LogP contribution in [0.1, 0.15) is 35.1 Å². The highest BCUT2D eigenvalue weighted by Crippen LogP contribution is 2.28. The Bertz CT molecular complexity index is 723. The normalized spacial score (nSPS) is 13.6. The third-order valence-corrected chi connectivity index (χ3v) is 4.44. The minimum absolute atomic E-state index is 0.0539. The highest BCUT2D eigenvalue weighted by atomic mass is 19.1. The molecule has 2 aromatic carbocycles. The van der Waals surface area contributed by atoms with Gasteiger partial charge in [0.1, 0.15) is 5.82 Å². The maximum Gasteiger partial charge on any atom is 0.318 e. The highest BCUT2D eigenvalue weighted by molar-refractivity contribution is 5.75. The van der Waals surface area contributed by atoms with Crippen LogP contribution in [-0.4, -0.2) is 17.0 Å². The van der Waals surface area contributed by atoms with E-state index in [1.54, 1.807) is 12.1 Å². The molecule has 2 amide bonds. The quantitative estimate of drug-likeness (QED) is 0.872. The second-order valence-electron chi connectivity index (χ2n) is 6.57. The number of rotatable bonds is 5. The molecule has 1 N–H and O–H groups in total. The molecule has 0 heterocycles. The van der Waals surface area contributed by atoms with Gasteiger partial charge in [-0.15, -0.1) is 0 Å². The molecule has 0 bridgehead atoms. The molecule has 4 heteroatoms. The van der Waals surface area contributed by atoms with Crippen LogP contribution >= 0.6 is 0 Å². The first-order valence-corrected chi connectivity index (χ1v) is 8.38. The van der Waals surface area contributed by atoms with Crippen LogP contribution in [0.25, 0.3) is 0 Å². The number of carbonyl (C=O) groups excluding carboxylic acids is 1. The molecular weight excluding hydrogens is 303 g/mol. The fourth-order valence-electron chi connectivity index (χ4n) is 2.86. The van der Waals surface area contributed by atoms with Crippen LogP contribution in [0.3, 0.4) is 0 Å². The number of amides is 2. The van der Waals surface area contributed by atoms with Crippen LogP contribution in [0.2, 0.25) is 0 Å². The SMILES string of the molecule is Cc1ccc(CNC(=O)N(Cc2ccc(F)cc2)C2CC2)c(C)c1. The number of benzene rings is 2. The van der Waals surface area contributed by atoms with E-state index in [2.05, 4.69) is 37.4 Å². The monoisotopic (exact) mass is 326 g/mol. The topological polar surface area (TPSA) is 32.3 Å². The fraction of sp³-hybridized carbons (Fsp3) is 0.350. The smallest absolute Gasteiger partial charge is 0.318 e. The van der Waals surface area contributed by atoms with Crippen LogP contribution in [-0.2, 0) is 13.1 Å². The standard InChI is InChI=1S/C20H23FN2O/c1-14-3-6-17(15(2)11-14)12-22-20(24)23(19-9-10-19)13-16-4-7-18(21)8-5-16/h3-8,11,19H,9-10,12-13H2,1-2H3,(H,22,24). The van der Waals surface area contributed by atoms with Crippen molar-refractivity contribution in [3.05, 3.63) is 70.5 Å². The van der Waals surface area contributed by atoms with E-state index < -0.39 is 0 Å². The van der Waals surface area contributed by atoms with Gasteiger partial charge in [0.05, 0.1) is 0 Å². The molecule has 24 heavy (non-hydrogen) atoms. The van der Waals surface area contributed by atoms with E-state index >= 15 is 0 Å². The predicted molar refractivity (Wildman–Crippen MR) is 93.1 cm³/mol. The summed E-state index contributed by atoms with van der Waals surface area (Å²) in [5.74, 6) is -0.254. The van der Waals surface area contributed by atoms with Crippen molar-refractivity contribution in [1.82, 2.24) is 10.2 Å². The number of halogens is 1. The van der Waals surface area contributed by atoms with Gasteiger partial charge in [-0.05, 0) is 55.5 Å². The average Bonchev–Trinajstić information content (AvgIpc) is 3.38. The molecular formula is C20H23FN2O. The lowest BCUT2D eigenvalue weighted by molar-refractivity contribution is 0.191. The summed E-state index contributed by atoms with van der Waals surface area (Å²) < 4.78 is 13.0. The van der Waals surface area contributed by atoms with Crippen LogP contribution < -0.4 is 5.32 Å². The lowest BCUT2D eigenvalue weighted by Gasteiger charge is -2.23. The number of hydrogen-bond donors (Lipinski definition) is 1. The molecule has 3 nitrogen and oxygen atoms in total. The third-order valence-electron chi connectivity index (χ3n) is 4.44. The van der Waals surface area contributed by atoms with Gasteiger partial charge in [-0.25, -0.2) is 9.18 Å². The average molecular weight is 326 g/mol. The van der Waals surface area contributed by atoms with Crippen molar-refractivity contribution >= 4 is 6.03 Å². The second kappa shape index (κ2) is 7.04. The van der Waals surface area contributed by atoms with E-state index in [4.69, 9.17) is 0 Å². The summed E-state index contributed by atoms with van der Waals surface area (Å²) in [5, 5.41) is 3.03. The van der Waals surface area contributed by atoms with Crippen molar-refractivity contribution in [3.63, 3.8) is 0 Å². The van der Waals surface area contributed by atoms with Crippen LogP contribution in [0, 0.1) is 19.7 Å². The van der Waals surface area contributed by atoms with Crippen molar-refractivity contribution in [2.75, 3.05) is 0 Å². The number of urea groups is 1. The molecule has 1 aliphatic rings. The largest absolute Gasteiger partial charge is 0.334 e. The Balaban J connectivity index is 1.63. The van der Waals surface area contributed by atoms with E-state index in [1.807, 2.05) is 4.90 Å². The van der Waals surface area contributed by atoms with Crippen molar-refractivity contribution in [2.45, 2.75) is 45.8 Å². The number of nitrogens with zero attached hydrogens (tertiary/aromatic N) is 1. The summed E-state index contributed by atoms with van der Waals surface area (Å²) in [4.78, 5) is 14.4. The van der Waals surface area contributed by atoms with E-state index in [-0.39, 0.29) is 11.8 Å². The minimum atomic E-state index is -0.254. The minimum Gasteiger partial charge on any atom is -0.334 e. The lowest BCUT2D eigenvalue weighted by atomic mass is 10.1. The summed E-state index contributed by atoms with van der Waals surface area (Å²) in [7, 11) is 0. The van der Waals surface area contributed by atoms with Gasteiger partial charge in [0.2, 0.25) is 0 Å². The Morgan fingerprint density at radius 3 is 2.50 bits per heavy atom. The zero-order chi connectivity index (χ0) is 17.1. The van der Waals surface area contributed by atoms with E-state index in [1.165, 1.54) is 23.3 Å². The fourth-order valence-corrected chi connectivity index (χ4v) is 2.86. The van der Waals surface area contributed by atoms with Crippen LogP contribution in [0.4, 0.5) is 9.18 Å². The summed E-state index contributed by atoms with van der Waals surface area (Å²) in [5.41, 5.74) is 4.49. The Morgan fingerprint density at radius 2 is 1.88 bits per heavy atom. The van der Waals surface area contributed by atoms with Gasteiger partial charge >= 0.3 is 6.03 Å². The van der Waals surface area contributed by atoms with E-state index in [0.717, 1.165) is 24.0 Å². The highest BCUT2D eigenvalue weighted by Gasteiger charge is 2.32. The summed E-state index contributed by atoms with van der Waals surface area (Å²) in [6.07, 6.45) is 2.08. The molecule has 2 aromatic rings. The molecule has 0 saturated heterocycles. The van der Waals surface area contributed by atoms with Gasteiger partial charge in [0, 0.05) is 19.1 Å². The van der Waals surface area contributed by atoms with Gasteiger partial charge < -0.3 is 10.2 Å². The number of carbonyl (C=O) groups is 1. The Labute approximate surface area is 142 Å². The summed E-state index contributed by atoms with van der Waals surface area (Å²) in [6, 6.07) is 12.8. The van der Waals surface area contributed by atoms with E-state index in [9.17, 15) is 9.18 Å². The Morgan fingerprint density at radius 1 is 1.17 bits per heavy atom. The van der Waals surface area contributed by atoms with Crippen LogP contribution in [0.5, 0.6) is 0 Å². The molecule has 1 fully saturated rings. The molecule has 1 aliphatic carbocycles. The van der Waals surface area contributed by atoms with Crippen LogP contribution in [0.15, 0.2) is 42.5 Å². The second-order valence-corrected chi connectivity index (χ2v) is 6.57. The van der Waals surface area contributed by atoms with E-state index in [0.29, 0.717) is 19.1 Å². The van der Waals surface area contributed by atoms with Crippen molar-refractivity contribution in [2.24, 2.45) is 0 Å². The summed E-state index contributed by atoms with van der Waals surface area (Å²) in [6.45, 7) is 5.17. The maximum atomic E-state index is 13.0. The van der Waals surface area contributed by atoms with Gasteiger partial charge in [-0.1, -0.05) is 35.9 Å². The first-order valence-electron chi connectivity index (χ1n) is 8.38. The molecule has 126 valence electrons. The van der Waals surface area contributed by atoms with Crippen molar-refractivity contribution in [3.8, 4) is 0 Å². The van der Waals surface area contributed by atoms with Crippen molar-refractivity contribution < 1.29 is 9.18 Å². The first kappa shape index (κ1) is 16.5. The molecule has 0 atom stereocenters. The third kappa shape index (κ3) is 4.13. The molecule has 0 aromatic heterocycles. The molecule has 0 radical (unpaired) electrons. The lowest BCUT2D eigenvalue weighted by Crippen LogP contribution is -2.40. The molecule has 3 rings (SSSR count). The first-order chi connectivity index (χ1) is 11.5. The summed E-state index contributed by atoms with van der Waals surface area (Å²) >= 11 is 0. The van der Waals surface area contributed by atoms with Gasteiger partial charge in [-0.2, -0.15) is 0 Å².